The van der Waals surface area contributed by atoms with Crippen molar-refractivity contribution in [3.8, 4) is 5.75 Å². The molecule has 2 N–H and O–H groups in total. The average molecular weight is 361 g/mol. The second-order valence-electron chi connectivity index (χ2n) is 5.95. The number of rotatable bonds is 6. The van der Waals surface area contributed by atoms with Crippen LogP contribution in [0.1, 0.15) is 36.1 Å². The number of nitrogens with one attached hydrogen (secondary N) is 2. The number of aryl methyl sites for hydroxylation is 4. The lowest BCUT2D eigenvalue weighted by Crippen LogP contribution is -2.32. The Hall–Kier alpha value is -2.20. The number of anilines is 1. The molecule has 2 rings (SSSR count). The van der Waals surface area contributed by atoms with Gasteiger partial charge in [-0.2, -0.15) is 0 Å². The molecule has 0 unspecified atom stereocenters. The normalized spacial score (nSPS) is 10.4. The van der Waals surface area contributed by atoms with Gasteiger partial charge in [-0.3, -0.25) is 0 Å². The molecule has 0 spiro atoms. The van der Waals surface area contributed by atoms with Gasteiger partial charge in [0.05, 0.1) is 0 Å². The Kier molecular flexibility index (Phi) is 6.71. The minimum atomic E-state index is -0.280. The maximum Gasteiger partial charge on any atom is 0.321 e. The second kappa shape index (κ2) is 8.77. The van der Waals surface area contributed by atoms with Crippen molar-refractivity contribution in [2.75, 3.05) is 12.0 Å². The summed E-state index contributed by atoms with van der Waals surface area (Å²) in [4.78, 5) is 12.2. The molecule has 2 amide bonds. The van der Waals surface area contributed by atoms with Crippen LogP contribution < -0.4 is 15.4 Å². The first-order valence-electron chi connectivity index (χ1n) is 8.51. The predicted octanol–water partition coefficient (Wildman–Crippen LogP) is 5.24. The second-order valence-corrected chi connectivity index (χ2v) is 6.33. The fourth-order valence-electron chi connectivity index (χ4n) is 2.74. The largest absolute Gasteiger partial charge is 0.473 e. The smallest absolute Gasteiger partial charge is 0.321 e. The lowest BCUT2D eigenvalue weighted by atomic mass is 10.0. The molecule has 0 aliphatic rings. The molecule has 0 atom stereocenters. The lowest BCUT2D eigenvalue weighted by molar-refractivity contribution is 0.234. The first-order valence-corrected chi connectivity index (χ1v) is 8.89. The molecule has 0 saturated heterocycles. The lowest BCUT2D eigenvalue weighted by Gasteiger charge is -2.15. The Balaban J connectivity index is 1.96. The minimum Gasteiger partial charge on any atom is -0.473 e. The Labute approximate surface area is 154 Å². The zero-order valence-corrected chi connectivity index (χ0v) is 16.0. The van der Waals surface area contributed by atoms with E-state index < -0.39 is 0 Å². The molecular weight excluding hydrogens is 336 g/mol. The summed E-state index contributed by atoms with van der Waals surface area (Å²) in [6.45, 7) is 8.09. The van der Waals surface area contributed by atoms with Crippen LogP contribution in [-0.4, -0.2) is 12.8 Å². The van der Waals surface area contributed by atoms with Gasteiger partial charge in [-0.25, -0.2) is 4.79 Å². The summed E-state index contributed by atoms with van der Waals surface area (Å²) in [6, 6.07) is 9.52. The number of hydrogen-bond acceptors (Lipinski definition) is 2. The fraction of sp³-hybridized carbons (Fsp3) is 0.350. The van der Waals surface area contributed by atoms with E-state index in [1.165, 1.54) is 0 Å². The highest BCUT2D eigenvalue weighted by molar-refractivity contribution is 6.32. The van der Waals surface area contributed by atoms with E-state index in [1.807, 2.05) is 44.2 Å². The van der Waals surface area contributed by atoms with E-state index >= 15 is 0 Å². The van der Waals surface area contributed by atoms with Gasteiger partial charge < -0.3 is 15.4 Å². The van der Waals surface area contributed by atoms with Crippen molar-refractivity contribution in [2.24, 2.45) is 0 Å². The van der Waals surface area contributed by atoms with Crippen LogP contribution in [0.4, 0.5) is 10.5 Å². The predicted molar refractivity (Wildman–Crippen MR) is 104 cm³/mol. The summed E-state index contributed by atoms with van der Waals surface area (Å²) in [5, 5.41) is 6.42. The Morgan fingerprint density at radius 1 is 1.08 bits per heavy atom. The Morgan fingerprint density at radius 3 is 2.16 bits per heavy atom. The standard InChI is InChI=1S/C20H25ClN2O2/c1-5-15-8-7-9-16(6-2)19(15)23-20(24)22-12-25-17-10-13(3)18(21)14(4)11-17/h7-11H,5-6,12H2,1-4H3,(H2,22,23,24). The van der Waals surface area contributed by atoms with E-state index in [0.29, 0.717) is 5.75 Å². The molecule has 2 aromatic rings. The van der Waals surface area contributed by atoms with Crippen LogP contribution in [0.3, 0.4) is 0 Å². The van der Waals surface area contributed by atoms with Crippen molar-refractivity contribution < 1.29 is 9.53 Å². The molecule has 0 aromatic heterocycles. The van der Waals surface area contributed by atoms with Gasteiger partial charge in [0.25, 0.3) is 0 Å². The third kappa shape index (κ3) is 4.89. The monoisotopic (exact) mass is 360 g/mol. The molecule has 5 heteroatoms. The van der Waals surface area contributed by atoms with Crippen molar-refractivity contribution >= 4 is 23.3 Å². The van der Waals surface area contributed by atoms with Crippen LogP contribution in [0, 0.1) is 13.8 Å². The number of ether oxygens (including phenoxy) is 1. The van der Waals surface area contributed by atoms with E-state index in [-0.39, 0.29) is 12.8 Å². The summed E-state index contributed by atoms with van der Waals surface area (Å²) >= 11 is 6.15. The summed E-state index contributed by atoms with van der Waals surface area (Å²) in [5.74, 6) is 0.683. The van der Waals surface area contributed by atoms with Gasteiger partial charge in [-0.15, -0.1) is 0 Å². The summed E-state index contributed by atoms with van der Waals surface area (Å²) in [7, 11) is 0. The van der Waals surface area contributed by atoms with Gasteiger partial charge in [0.1, 0.15) is 5.75 Å². The molecular formula is C20H25ClN2O2. The maximum absolute atomic E-state index is 12.2. The highest BCUT2D eigenvalue weighted by Gasteiger charge is 2.10. The average Bonchev–Trinajstić information content (AvgIpc) is 2.59. The number of carbonyl (C=O) groups excluding carboxylic acids is 1. The summed E-state index contributed by atoms with van der Waals surface area (Å²) in [6.07, 6.45) is 1.73. The molecule has 0 saturated carbocycles. The molecule has 134 valence electrons. The fourth-order valence-corrected chi connectivity index (χ4v) is 2.84. The number of urea groups is 1. The van der Waals surface area contributed by atoms with E-state index in [4.69, 9.17) is 16.3 Å². The number of para-hydroxylation sites is 1. The zero-order valence-electron chi connectivity index (χ0n) is 15.2. The summed E-state index contributed by atoms with van der Waals surface area (Å²) < 4.78 is 5.61. The van der Waals surface area contributed by atoms with Crippen molar-refractivity contribution in [3.63, 3.8) is 0 Å². The number of amides is 2. The van der Waals surface area contributed by atoms with Gasteiger partial charge in [0, 0.05) is 10.7 Å². The van der Waals surface area contributed by atoms with Crippen LogP contribution >= 0.6 is 11.6 Å². The number of hydrogen-bond donors (Lipinski definition) is 2. The molecule has 2 aromatic carbocycles. The van der Waals surface area contributed by atoms with Crippen LogP contribution in [-0.2, 0) is 12.8 Å². The Bertz CT molecular complexity index is 714. The third-order valence-electron chi connectivity index (χ3n) is 4.12. The van der Waals surface area contributed by atoms with Crippen LogP contribution in [0.25, 0.3) is 0 Å². The topological polar surface area (TPSA) is 50.4 Å². The number of carbonyl (C=O) groups is 1. The molecule has 25 heavy (non-hydrogen) atoms. The van der Waals surface area contributed by atoms with E-state index in [1.54, 1.807) is 0 Å². The van der Waals surface area contributed by atoms with Crippen molar-refractivity contribution in [3.05, 3.63) is 57.6 Å². The van der Waals surface area contributed by atoms with Crippen LogP contribution in [0.5, 0.6) is 5.75 Å². The van der Waals surface area contributed by atoms with Gasteiger partial charge in [-0.05, 0) is 61.1 Å². The Morgan fingerprint density at radius 2 is 1.64 bits per heavy atom. The summed E-state index contributed by atoms with van der Waals surface area (Å²) in [5.41, 5.74) is 5.04. The zero-order chi connectivity index (χ0) is 18.4. The maximum atomic E-state index is 12.2. The van der Waals surface area contributed by atoms with E-state index in [2.05, 4.69) is 24.5 Å². The molecule has 0 heterocycles. The van der Waals surface area contributed by atoms with Gasteiger partial charge >= 0.3 is 6.03 Å². The quantitative estimate of drug-likeness (QED) is 0.692. The molecule has 0 aliphatic carbocycles. The SMILES string of the molecule is CCc1cccc(CC)c1NC(=O)NCOc1cc(C)c(Cl)c(C)c1. The van der Waals surface area contributed by atoms with Gasteiger partial charge in [0.15, 0.2) is 6.73 Å². The van der Waals surface area contributed by atoms with Crippen LogP contribution in [0.15, 0.2) is 30.3 Å². The van der Waals surface area contributed by atoms with Crippen molar-refractivity contribution in [2.45, 2.75) is 40.5 Å². The third-order valence-corrected chi connectivity index (χ3v) is 4.72. The molecule has 0 fully saturated rings. The molecule has 0 bridgehead atoms. The molecule has 4 nitrogen and oxygen atoms in total. The first-order chi connectivity index (χ1) is 12.0. The van der Waals surface area contributed by atoms with E-state index in [0.717, 1.165) is 45.8 Å². The highest BCUT2D eigenvalue weighted by Crippen LogP contribution is 2.26. The van der Waals surface area contributed by atoms with E-state index in [9.17, 15) is 4.79 Å². The molecule has 0 aliphatic heterocycles. The first kappa shape index (κ1) is 19.1. The minimum absolute atomic E-state index is 0.0854. The van der Waals surface area contributed by atoms with Gasteiger partial charge in [0.2, 0.25) is 0 Å². The van der Waals surface area contributed by atoms with Crippen LogP contribution in [0.2, 0.25) is 5.02 Å². The van der Waals surface area contributed by atoms with Gasteiger partial charge in [-0.1, -0.05) is 43.6 Å². The molecule has 0 radical (unpaired) electrons. The number of halogens is 1. The highest BCUT2D eigenvalue weighted by atomic mass is 35.5. The van der Waals surface area contributed by atoms with Crippen molar-refractivity contribution in [1.29, 1.82) is 0 Å². The number of benzene rings is 2. The van der Waals surface area contributed by atoms with Crippen molar-refractivity contribution in [1.82, 2.24) is 5.32 Å².